The highest BCUT2D eigenvalue weighted by atomic mass is 127. The number of nitrogens with one attached hydrogen (secondary N) is 2. The van der Waals surface area contributed by atoms with Crippen molar-refractivity contribution in [2.75, 3.05) is 26.7 Å². The Kier molecular flexibility index (Phi) is 10.4. The van der Waals surface area contributed by atoms with Gasteiger partial charge in [0.2, 0.25) is 0 Å². The molecule has 1 unspecified atom stereocenters. The molecule has 0 aliphatic heterocycles. The van der Waals surface area contributed by atoms with Crippen LogP contribution in [0.25, 0.3) is 0 Å². The van der Waals surface area contributed by atoms with Crippen molar-refractivity contribution in [3.63, 3.8) is 0 Å². The molecule has 0 aliphatic rings. The topological polar surface area (TPSA) is 65.9 Å². The summed E-state index contributed by atoms with van der Waals surface area (Å²) in [6, 6.07) is 9.61. The molecule has 0 fully saturated rings. The standard InChI is InChI=1S/C19H27N3O2S.HI/c1-4-20-19(22-13-14(2)18-6-5-11-25-18)21-10-9-15-7-8-16(24-3)12-17(15)23;/h5-8,11-12,14,23H,4,9-10,13H2,1-3H3,(H2,20,21,22);1H. The van der Waals surface area contributed by atoms with Crippen LogP contribution in [0.1, 0.15) is 30.2 Å². The summed E-state index contributed by atoms with van der Waals surface area (Å²) in [6.45, 7) is 6.49. The van der Waals surface area contributed by atoms with Crippen molar-refractivity contribution in [3.8, 4) is 11.5 Å². The first-order valence-corrected chi connectivity index (χ1v) is 9.43. The van der Waals surface area contributed by atoms with Crippen LogP contribution in [0.4, 0.5) is 0 Å². The molecule has 7 heteroatoms. The van der Waals surface area contributed by atoms with Crippen LogP contribution in [-0.2, 0) is 6.42 Å². The number of ether oxygens (including phenoxy) is 1. The van der Waals surface area contributed by atoms with Gasteiger partial charge in [-0.05, 0) is 36.4 Å². The van der Waals surface area contributed by atoms with Gasteiger partial charge in [0.15, 0.2) is 5.96 Å². The molecular weight excluding hydrogens is 461 g/mol. The van der Waals surface area contributed by atoms with Gasteiger partial charge >= 0.3 is 0 Å². The summed E-state index contributed by atoms with van der Waals surface area (Å²) in [4.78, 5) is 6.02. The number of thiophene rings is 1. The Balaban J connectivity index is 0.00000338. The van der Waals surface area contributed by atoms with Crippen LogP contribution in [0.15, 0.2) is 40.7 Å². The first kappa shape index (κ1) is 22.6. The van der Waals surface area contributed by atoms with E-state index in [-0.39, 0.29) is 29.7 Å². The Morgan fingerprint density at radius 3 is 2.73 bits per heavy atom. The number of methoxy groups -OCH3 is 1. The van der Waals surface area contributed by atoms with Crippen LogP contribution < -0.4 is 15.4 Å². The van der Waals surface area contributed by atoms with E-state index in [1.165, 1.54) is 4.88 Å². The van der Waals surface area contributed by atoms with Gasteiger partial charge in [-0.25, -0.2) is 0 Å². The van der Waals surface area contributed by atoms with Gasteiger partial charge in [-0.1, -0.05) is 19.1 Å². The zero-order chi connectivity index (χ0) is 18.1. The van der Waals surface area contributed by atoms with Crippen LogP contribution in [-0.4, -0.2) is 37.8 Å². The fraction of sp³-hybridized carbons (Fsp3) is 0.421. The highest BCUT2D eigenvalue weighted by Gasteiger charge is 2.07. The second-order valence-corrected chi connectivity index (χ2v) is 6.79. The first-order chi connectivity index (χ1) is 12.1. The number of phenols is 1. The molecule has 0 aliphatic carbocycles. The third kappa shape index (κ3) is 7.03. The SMILES string of the molecule is CCNC(=NCC(C)c1cccs1)NCCc1ccc(OC)cc1O.I. The Morgan fingerprint density at radius 1 is 1.31 bits per heavy atom. The molecule has 0 radical (unpaired) electrons. The minimum atomic E-state index is 0. The average Bonchev–Trinajstić information content (AvgIpc) is 3.15. The smallest absolute Gasteiger partial charge is 0.191 e. The van der Waals surface area contributed by atoms with E-state index < -0.39 is 0 Å². The van der Waals surface area contributed by atoms with E-state index in [2.05, 4.69) is 47.0 Å². The van der Waals surface area contributed by atoms with Crippen LogP contribution in [0, 0.1) is 0 Å². The summed E-state index contributed by atoms with van der Waals surface area (Å²) in [5, 5.41) is 18.7. The van der Waals surface area contributed by atoms with Gasteiger partial charge in [0.25, 0.3) is 0 Å². The number of guanidine groups is 1. The molecule has 0 saturated heterocycles. The van der Waals surface area contributed by atoms with Crippen molar-refractivity contribution in [1.29, 1.82) is 0 Å². The van der Waals surface area contributed by atoms with E-state index in [4.69, 9.17) is 4.74 Å². The van der Waals surface area contributed by atoms with Gasteiger partial charge in [-0.3, -0.25) is 4.99 Å². The molecule has 0 bridgehead atoms. The maximum atomic E-state index is 10.0. The predicted octanol–water partition coefficient (Wildman–Crippen LogP) is 3.98. The van der Waals surface area contributed by atoms with Crippen LogP contribution in [0.3, 0.4) is 0 Å². The summed E-state index contributed by atoms with van der Waals surface area (Å²) in [5.41, 5.74) is 0.885. The molecule has 0 spiro atoms. The second kappa shape index (κ2) is 12.0. The summed E-state index contributed by atoms with van der Waals surface area (Å²) in [7, 11) is 1.59. The van der Waals surface area contributed by atoms with Crippen molar-refractivity contribution in [2.24, 2.45) is 4.99 Å². The summed E-state index contributed by atoms with van der Waals surface area (Å²) < 4.78 is 5.11. The van der Waals surface area contributed by atoms with E-state index in [1.807, 2.05) is 12.1 Å². The number of hydrogen-bond acceptors (Lipinski definition) is 4. The molecule has 1 heterocycles. The molecule has 1 aromatic carbocycles. The van der Waals surface area contributed by atoms with E-state index in [0.29, 0.717) is 24.6 Å². The second-order valence-electron chi connectivity index (χ2n) is 5.81. The molecule has 144 valence electrons. The van der Waals surface area contributed by atoms with Crippen LogP contribution in [0.5, 0.6) is 11.5 Å². The summed E-state index contributed by atoms with van der Waals surface area (Å²) >= 11 is 1.77. The molecule has 2 rings (SSSR count). The molecule has 2 aromatic rings. The lowest BCUT2D eigenvalue weighted by molar-refractivity contribution is 0.406. The third-order valence-electron chi connectivity index (χ3n) is 3.88. The van der Waals surface area contributed by atoms with Crippen molar-refractivity contribution >= 4 is 41.3 Å². The number of phenolic OH excluding ortho intramolecular Hbond substituents is 1. The molecular formula is C19H28IN3O2S. The number of halogens is 1. The van der Waals surface area contributed by atoms with E-state index >= 15 is 0 Å². The highest BCUT2D eigenvalue weighted by Crippen LogP contribution is 2.23. The van der Waals surface area contributed by atoms with E-state index in [0.717, 1.165) is 24.6 Å². The van der Waals surface area contributed by atoms with Gasteiger partial charge in [0.1, 0.15) is 11.5 Å². The largest absolute Gasteiger partial charge is 0.508 e. The first-order valence-electron chi connectivity index (χ1n) is 8.55. The summed E-state index contributed by atoms with van der Waals surface area (Å²) in [6.07, 6.45) is 0.709. The lowest BCUT2D eigenvalue weighted by Gasteiger charge is -2.13. The number of aliphatic imine (C=N–C) groups is 1. The normalized spacial score (nSPS) is 12.2. The van der Waals surface area contributed by atoms with Crippen molar-refractivity contribution < 1.29 is 9.84 Å². The lowest BCUT2D eigenvalue weighted by Crippen LogP contribution is -2.38. The molecule has 1 aromatic heterocycles. The monoisotopic (exact) mass is 489 g/mol. The van der Waals surface area contributed by atoms with Crippen LogP contribution >= 0.6 is 35.3 Å². The molecule has 0 amide bonds. The number of rotatable bonds is 8. The van der Waals surface area contributed by atoms with Gasteiger partial charge in [0.05, 0.1) is 13.7 Å². The molecule has 5 nitrogen and oxygen atoms in total. The quantitative estimate of drug-likeness (QED) is 0.298. The third-order valence-corrected chi connectivity index (χ3v) is 4.98. The van der Waals surface area contributed by atoms with Crippen molar-refractivity contribution in [2.45, 2.75) is 26.2 Å². The van der Waals surface area contributed by atoms with Gasteiger partial charge in [-0.2, -0.15) is 0 Å². The minimum absolute atomic E-state index is 0. The Morgan fingerprint density at radius 2 is 2.12 bits per heavy atom. The fourth-order valence-corrected chi connectivity index (χ4v) is 3.21. The van der Waals surface area contributed by atoms with Gasteiger partial charge in [0, 0.05) is 30.0 Å². The van der Waals surface area contributed by atoms with E-state index in [9.17, 15) is 5.11 Å². The maximum Gasteiger partial charge on any atom is 0.191 e. The zero-order valence-electron chi connectivity index (χ0n) is 15.5. The summed E-state index contributed by atoms with van der Waals surface area (Å²) in [5.74, 6) is 2.13. The average molecular weight is 489 g/mol. The number of nitrogens with zero attached hydrogens (tertiary/aromatic N) is 1. The fourth-order valence-electron chi connectivity index (χ4n) is 2.43. The highest BCUT2D eigenvalue weighted by molar-refractivity contribution is 14.0. The number of hydrogen-bond donors (Lipinski definition) is 3. The van der Waals surface area contributed by atoms with Gasteiger partial charge in [-0.15, -0.1) is 35.3 Å². The van der Waals surface area contributed by atoms with Crippen molar-refractivity contribution in [3.05, 3.63) is 46.2 Å². The molecule has 26 heavy (non-hydrogen) atoms. The zero-order valence-corrected chi connectivity index (χ0v) is 18.6. The number of aromatic hydroxyl groups is 1. The predicted molar refractivity (Wildman–Crippen MR) is 120 cm³/mol. The molecule has 0 saturated carbocycles. The van der Waals surface area contributed by atoms with Gasteiger partial charge < -0.3 is 20.5 Å². The Labute approximate surface area is 176 Å². The molecule has 3 N–H and O–H groups in total. The Bertz CT molecular complexity index is 677. The van der Waals surface area contributed by atoms with Crippen molar-refractivity contribution in [1.82, 2.24) is 10.6 Å². The number of benzene rings is 1. The maximum absolute atomic E-state index is 10.0. The molecule has 1 atom stereocenters. The van der Waals surface area contributed by atoms with E-state index in [1.54, 1.807) is 24.5 Å². The Hall–Kier alpha value is -1.48. The lowest BCUT2D eigenvalue weighted by atomic mass is 10.1. The van der Waals surface area contributed by atoms with Crippen LogP contribution in [0.2, 0.25) is 0 Å². The minimum Gasteiger partial charge on any atom is -0.508 e.